The van der Waals surface area contributed by atoms with Gasteiger partial charge in [-0.15, -0.1) is 0 Å². The van der Waals surface area contributed by atoms with E-state index in [0.29, 0.717) is 0 Å². The minimum atomic E-state index is -6.00. The summed E-state index contributed by atoms with van der Waals surface area (Å²) >= 11 is 0. The molecule has 0 aliphatic carbocycles. The minimum absolute atomic E-state index is 0.0460. The van der Waals surface area contributed by atoms with Crippen LogP contribution < -0.4 is 0 Å². The Hall–Kier alpha value is -2.21. The van der Waals surface area contributed by atoms with Crippen LogP contribution in [0.2, 0.25) is 0 Å². The summed E-state index contributed by atoms with van der Waals surface area (Å²) in [6.07, 6.45) is 0. The van der Waals surface area contributed by atoms with Crippen LogP contribution in [0.3, 0.4) is 0 Å². The van der Waals surface area contributed by atoms with Crippen LogP contribution in [0, 0.1) is 20.8 Å². The standard InChI is InChI=1S/C21H21S.BF4/c1-16-14-17(2)21(18(3)15-16)22(19-10-6-4-7-11-19)20-12-8-5-9-13-20;2-1(3,4)5/h4-15H,1-3H3;/q+1;-1. The fraction of sp³-hybridized carbons (Fsp3) is 0.143. The average molecular weight is 392 g/mol. The fourth-order valence-corrected chi connectivity index (χ4v) is 5.34. The third-order valence-electron chi connectivity index (χ3n) is 3.77. The number of halogens is 4. The Bertz CT molecular complexity index is 796. The third-order valence-corrected chi connectivity index (χ3v) is 6.31. The van der Waals surface area contributed by atoms with E-state index in [1.54, 1.807) is 0 Å². The van der Waals surface area contributed by atoms with Gasteiger partial charge >= 0.3 is 7.25 Å². The average Bonchev–Trinajstić information content (AvgIpc) is 2.58. The second kappa shape index (κ2) is 9.13. The molecule has 0 aromatic heterocycles. The van der Waals surface area contributed by atoms with Crippen molar-refractivity contribution >= 4 is 18.1 Å². The van der Waals surface area contributed by atoms with Gasteiger partial charge in [0.05, 0.1) is 10.9 Å². The Balaban J connectivity index is 0.000000465. The van der Waals surface area contributed by atoms with Crippen molar-refractivity contribution in [2.45, 2.75) is 35.5 Å². The number of rotatable bonds is 3. The molecule has 0 radical (unpaired) electrons. The van der Waals surface area contributed by atoms with Crippen molar-refractivity contribution in [3.8, 4) is 0 Å². The van der Waals surface area contributed by atoms with E-state index in [-0.39, 0.29) is 10.9 Å². The smallest absolute Gasteiger partial charge is 0.418 e. The topological polar surface area (TPSA) is 0 Å². The predicted molar refractivity (Wildman–Crippen MR) is 106 cm³/mol. The molecular weight excluding hydrogens is 371 g/mol. The summed E-state index contributed by atoms with van der Waals surface area (Å²) in [5.41, 5.74) is 4.10. The maximum absolute atomic E-state index is 9.75. The zero-order valence-corrected chi connectivity index (χ0v) is 16.2. The predicted octanol–water partition coefficient (Wildman–Crippen LogP) is 7.01. The van der Waals surface area contributed by atoms with Crippen LogP contribution >= 0.6 is 0 Å². The van der Waals surface area contributed by atoms with Crippen molar-refractivity contribution < 1.29 is 17.3 Å². The molecule has 0 nitrogen and oxygen atoms in total. The highest BCUT2D eigenvalue weighted by atomic mass is 32.2. The van der Waals surface area contributed by atoms with E-state index in [1.807, 2.05) is 0 Å². The molecule has 0 saturated heterocycles. The van der Waals surface area contributed by atoms with Gasteiger partial charge in [-0.25, -0.2) is 0 Å². The lowest BCUT2D eigenvalue weighted by Crippen LogP contribution is -2.08. The minimum Gasteiger partial charge on any atom is -0.418 e. The van der Waals surface area contributed by atoms with Gasteiger partial charge in [0.25, 0.3) is 0 Å². The first-order valence-corrected chi connectivity index (χ1v) is 9.69. The van der Waals surface area contributed by atoms with E-state index >= 15 is 0 Å². The van der Waals surface area contributed by atoms with Gasteiger partial charge in [0.15, 0.2) is 14.7 Å². The van der Waals surface area contributed by atoms with E-state index in [4.69, 9.17) is 0 Å². The molecule has 3 aromatic rings. The van der Waals surface area contributed by atoms with Gasteiger partial charge in [0.1, 0.15) is 0 Å². The normalized spacial score (nSPS) is 11.1. The number of benzene rings is 3. The van der Waals surface area contributed by atoms with Crippen molar-refractivity contribution in [1.82, 2.24) is 0 Å². The molecule has 0 aliphatic heterocycles. The van der Waals surface area contributed by atoms with Gasteiger partial charge in [-0.2, -0.15) is 0 Å². The van der Waals surface area contributed by atoms with E-state index in [0.717, 1.165) is 0 Å². The molecule has 142 valence electrons. The zero-order chi connectivity index (χ0) is 20.0. The number of hydrogen-bond donors (Lipinski definition) is 0. The highest BCUT2D eigenvalue weighted by molar-refractivity contribution is 7.97. The first-order valence-electron chi connectivity index (χ1n) is 8.46. The largest absolute Gasteiger partial charge is 0.673 e. The van der Waals surface area contributed by atoms with Gasteiger partial charge in [0, 0.05) is 11.1 Å². The van der Waals surface area contributed by atoms with Crippen LogP contribution in [0.25, 0.3) is 0 Å². The quantitative estimate of drug-likeness (QED) is 0.256. The van der Waals surface area contributed by atoms with E-state index in [9.17, 15) is 17.3 Å². The second-order valence-electron chi connectivity index (χ2n) is 6.16. The molecule has 0 bridgehead atoms. The second-order valence-corrected chi connectivity index (χ2v) is 8.12. The summed E-state index contributed by atoms with van der Waals surface area (Å²) in [5, 5.41) is 0. The van der Waals surface area contributed by atoms with Gasteiger partial charge in [-0.3, -0.25) is 0 Å². The molecule has 27 heavy (non-hydrogen) atoms. The molecule has 0 unspecified atom stereocenters. The van der Waals surface area contributed by atoms with Crippen LogP contribution in [0.15, 0.2) is 87.5 Å². The molecule has 0 spiro atoms. The van der Waals surface area contributed by atoms with Gasteiger partial charge in [0.2, 0.25) is 0 Å². The molecule has 0 amide bonds. The summed E-state index contributed by atoms with van der Waals surface area (Å²) in [6, 6.07) is 26.3. The fourth-order valence-electron chi connectivity index (χ4n) is 2.97. The monoisotopic (exact) mass is 392 g/mol. The summed E-state index contributed by atoms with van der Waals surface area (Å²) in [6.45, 7) is 6.65. The van der Waals surface area contributed by atoms with Crippen LogP contribution in [-0.2, 0) is 10.9 Å². The maximum Gasteiger partial charge on any atom is 0.673 e. The molecule has 3 rings (SSSR count). The van der Waals surface area contributed by atoms with Crippen LogP contribution in [0.1, 0.15) is 16.7 Å². The molecule has 0 aliphatic rings. The van der Waals surface area contributed by atoms with E-state index in [2.05, 4.69) is 93.6 Å². The molecule has 3 aromatic carbocycles. The van der Waals surface area contributed by atoms with Crippen molar-refractivity contribution in [1.29, 1.82) is 0 Å². The Kier molecular flexibility index (Phi) is 7.14. The summed E-state index contributed by atoms with van der Waals surface area (Å²) in [5.74, 6) is 0. The van der Waals surface area contributed by atoms with Crippen molar-refractivity contribution in [3.63, 3.8) is 0 Å². The Labute approximate surface area is 160 Å². The molecule has 0 atom stereocenters. The molecule has 6 heteroatoms. The highest BCUT2D eigenvalue weighted by Gasteiger charge is 2.31. The Morgan fingerprint density at radius 1 is 0.630 bits per heavy atom. The Morgan fingerprint density at radius 2 is 0.963 bits per heavy atom. The van der Waals surface area contributed by atoms with E-state index in [1.165, 1.54) is 31.4 Å². The summed E-state index contributed by atoms with van der Waals surface area (Å²) in [4.78, 5) is 4.22. The molecule has 0 N–H and O–H groups in total. The summed E-state index contributed by atoms with van der Waals surface area (Å²) in [7, 11) is -6.05. The zero-order valence-electron chi connectivity index (χ0n) is 15.4. The Morgan fingerprint density at radius 3 is 1.30 bits per heavy atom. The lowest BCUT2D eigenvalue weighted by Gasteiger charge is -2.13. The SMILES string of the molecule is Cc1cc(C)c([S+](c2ccccc2)c2ccccc2)c(C)c1.F[B-](F)(F)F. The summed E-state index contributed by atoms with van der Waals surface area (Å²) < 4.78 is 39.0. The molecular formula is C21H21BF4S. The maximum atomic E-state index is 9.75. The molecule has 0 heterocycles. The van der Waals surface area contributed by atoms with Crippen molar-refractivity contribution in [2.75, 3.05) is 0 Å². The first-order chi connectivity index (χ1) is 12.7. The van der Waals surface area contributed by atoms with Crippen LogP contribution in [-0.4, -0.2) is 7.25 Å². The highest BCUT2D eigenvalue weighted by Crippen LogP contribution is 2.35. The molecule has 0 fully saturated rings. The third kappa shape index (κ3) is 6.47. The number of aryl methyl sites for hydroxylation is 3. The van der Waals surface area contributed by atoms with Gasteiger partial charge in [-0.1, -0.05) is 54.1 Å². The van der Waals surface area contributed by atoms with Crippen molar-refractivity contribution in [2.24, 2.45) is 0 Å². The molecule has 0 saturated carbocycles. The van der Waals surface area contributed by atoms with Crippen LogP contribution in [0.5, 0.6) is 0 Å². The number of hydrogen-bond acceptors (Lipinski definition) is 0. The lowest BCUT2D eigenvalue weighted by atomic mass is 10.1. The van der Waals surface area contributed by atoms with Gasteiger partial charge in [-0.05, 0) is 45.0 Å². The lowest BCUT2D eigenvalue weighted by molar-refractivity contribution is 0.368. The van der Waals surface area contributed by atoms with Gasteiger partial charge < -0.3 is 17.3 Å². The van der Waals surface area contributed by atoms with Crippen LogP contribution in [0.4, 0.5) is 17.3 Å². The van der Waals surface area contributed by atoms with E-state index < -0.39 is 7.25 Å². The first kappa shape index (κ1) is 21.1. The van der Waals surface area contributed by atoms with Crippen molar-refractivity contribution in [3.05, 3.63) is 89.5 Å².